The zero-order chi connectivity index (χ0) is 15.7. The molecule has 0 saturated heterocycles. The Kier molecular flexibility index (Phi) is 4.06. The molecular weight excluding hydrogens is 296 g/mol. The van der Waals surface area contributed by atoms with Crippen LogP contribution in [-0.4, -0.2) is 25.4 Å². The molecule has 3 nitrogen and oxygen atoms in total. The number of benzene rings is 2. The lowest BCUT2D eigenvalue weighted by atomic mass is 9.81. The minimum atomic E-state index is -3.37. The molecule has 0 bridgehead atoms. The standard InChI is InChI=1S/C18H20O3S/c1-2-13-12-22(20,21)16-11-7-6-10-15(16)17(18(13)19)14-8-4-3-5-9-14/h3-11,13,17-19H,2,12H2,1H3/t13-,17?,18+/m1/s1. The summed E-state index contributed by atoms with van der Waals surface area (Å²) in [5.74, 6) is -0.562. The molecule has 22 heavy (non-hydrogen) atoms. The van der Waals surface area contributed by atoms with Crippen LogP contribution in [-0.2, 0) is 9.84 Å². The van der Waals surface area contributed by atoms with Crippen molar-refractivity contribution < 1.29 is 13.5 Å². The highest BCUT2D eigenvalue weighted by Gasteiger charge is 2.39. The third-order valence-corrected chi connectivity index (χ3v) is 6.44. The molecular formula is C18H20O3S. The van der Waals surface area contributed by atoms with E-state index in [2.05, 4.69) is 0 Å². The van der Waals surface area contributed by atoms with Gasteiger partial charge < -0.3 is 5.11 Å². The second-order valence-corrected chi connectivity index (χ2v) is 7.87. The Balaban J connectivity index is 2.25. The van der Waals surface area contributed by atoms with Crippen LogP contribution in [0.4, 0.5) is 0 Å². The van der Waals surface area contributed by atoms with Gasteiger partial charge in [0.2, 0.25) is 0 Å². The van der Waals surface area contributed by atoms with Crippen molar-refractivity contribution in [3.05, 3.63) is 65.7 Å². The summed E-state index contributed by atoms with van der Waals surface area (Å²) < 4.78 is 25.3. The Labute approximate surface area is 131 Å². The van der Waals surface area contributed by atoms with Crippen molar-refractivity contribution in [3.8, 4) is 0 Å². The Morgan fingerprint density at radius 2 is 1.68 bits per heavy atom. The summed E-state index contributed by atoms with van der Waals surface area (Å²) in [6.07, 6.45) is -0.0663. The zero-order valence-electron chi connectivity index (χ0n) is 12.5. The van der Waals surface area contributed by atoms with Gasteiger partial charge in [-0.2, -0.15) is 0 Å². The molecule has 3 rings (SSSR count). The molecule has 0 saturated carbocycles. The fourth-order valence-corrected chi connectivity index (χ4v) is 5.36. The van der Waals surface area contributed by atoms with Crippen molar-refractivity contribution in [3.63, 3.8) is 0 Å². The smallest absolute Gasteiger partial charge is 0.179 e. The van der Waals surface area contributed by atoms with Crippen LogP contribution in [0.1, 0.15) is 30.4 Å². The van der Waals surface area contributed by atoms with Crippen molar-refractivity contribution in [1.82, 2.24) is 0 Å². The van der Waals surface area contributed by atoms with Crippen LogP contribution in [0.5, 0.6) is 0 Å². The molecule has 0 spiro atoms. The Bertz CT molecular complexity index is 753. The van der Waals surface area contributed by atoms with Crippen molar-refractivity contribution >= 4 is 9.84 Å². The minimum Gasteiger partial charge on any atom is -0.392 e. The van der Waals surface area contributed by atoms with Gasteiger partial charge >= 0.3 is 0 Å². The Morgan fingerprint density at radius 3 is 2.36 bits per heavy atom. The van der Waals surface area contributed by atoms with E-state index in [1.165, 1.54) is 0 Å². The fourth-order valence-electron chi connectivity index (χ4n) is 3.34. The lowest BCUT2D eigenvalue weighted by molar-refractivity contribution is 0.100. The van der Waals surface area contributed by atoms with Crippen LogP contribution in [0.15, 0.2) is 59.5 Å². The van der Waals surface area contributed by atoms with Crippen LogP contribution < -0.4 is 0 Å². The van der Waals surface area contributed by atoms with Crippen molar-refractivity contribution in [1.29, 1.82) is 0 Å². The predicted molar refractivity (Wildman–Crippen MR) is 86.6 cm³/mol. The number of sulfone groups is 1. The molecule has 2 aromatic carbocycles. The van der Waals surface area contributed by atoms with Crippen molar-refractivity contribution in [2.75, 3.05) is 5.75 Å². The van der Waals surface area contributed by atoms with E-state index in [1.807, 2.05) is 49.4 Å². The molecule has 1 unspecified atom stereocenters. The quantitative estimate of drug-likeness (QED) is 0.926. The molecule has 0 fully saturated rings. The first-order valence-corrected chi connectivity index (χ1v) is 9.24. The van der Waals surface area contributed by atoms with E-state index in [0.29, 0.717) is 16.9 Å². The summed E-state index contributed by atoms with van der Waals surface area (Å²) in [5, 5.41) is 10.9. The molecule has 2 aromatic rings. The topological polar surface area (TPSA) is 54.4 Å². The van der Waals surface area contributed by atoms with E-state index in [9.17, 15) is 13.5 Å². The molecule has 0 aliphatic carbocycles. The Morgan fingerprint density at radius 1 is 1.05 bits per heavy atom. The van der Waals surface area contributed by atoms with Gasteiger partial charge in [-0.05, 0) is 29.5 Å². The molecule has 1 aliphatic rings. The first-order chi connectivity index (χ1) is 10.5. The largest absolute Gasteiger partial charge is 0.392 e. The maximum absolute atomic E-state index is 12.7. The molecule has 0 radical (unpaired) electrons. The van der Waals surface area contributed by atoms with E-state index in [0.717, 1.165) is 5.56 Å². The van der Waals surface area contributed by atoms with Crippen LogP contribution in [0.3, 0.4) is 0 Å². The monoisotopic (exact) mass is 316 g/mol. The maximum Gasteiger partial charge on any atom is 0.179 e. The normalized spacial score (nSPS) is 26.9. The zero-order valence-corrected chi connectivity index (χ0v) is 13.3. The second-order valence-electron chi connectivity index (χ2n) is 5.87. The molecule has 4 heteroatoms. The summed E-state index contributed by atoms with van der Waals surface area (Å²) in [6.45, 7) is 1.93. The molecule has 0 aromatic heterocycles. The number of aliphatic hydroxyl groups excluding tert-OH is 1. The first kappa shape index (κ1) is 15.3. The van der Waals surface area contributed by atoms with E-state index in [1.54, 1.807) is 12.1 Å². The van der Waals surface area contributed by atoms with Gasteiger partial charge in [-0.15, -0.1) is 0 Å². The molecule has 0 amide bonds. The van der Waals surface area contributed by atoms with Gasteiger partial charge in [0.25, 0.3) is 0 Å². The van der Waals surface area contributed by atoms with E-state index >= 15 is 0 Å². The highest BCUT2D eigenvalue weighted by molar-refractivity contribution is 7.91. The highest BCUT2D eigenvalue weighted by Crippen LogP contribution is 2.40. The average molecular weight is 316 g/mol. The lowest BCUT2D eigenvalue weighted by Gasteiger charge is -2.27. The number of fused-ring (bicyclic) bond motifs is 1. The number of rotatable bonds is 2. The molecule has 1 aliphatic heterocycles. The highest BCUT2D eigenvalue weighted by atomic mass is 32.2. The average Bonchev–Trinajstić information content (AvgIpc) is 2.62. The number of hydrogen-bond donors (Lipinski definition) is 1. The van der Waals surface area contributed by atoms with Gasteiger partial charge in [-0.1, -0.05) is 55.5 Å². The third-order valence-electron chi connectivity index (χ3n) is 4.53. The molecule has 1 heterocycles. The summed E-state index contributed by atoms with van der Waals surface area (Å²) in [5.41, 5.74) is 1.66. The van der Waals surface area contributed by atoms with Crippen LogP contribution in [0, 0.1) is 5.92 Å². The third kappa shape index (κ3) is 2.57. The van der Waals surface area contributed by atoms with Gasteiger partial charge in [0.1, 0.15) is 0 Å². The summed E-state index contributed by atoms with van der Waals surface area (Å²) >= 11 is 0. The Hall–Kier alpha value is -1.65. The van der Waals surface area contributed by atoms with Crippen LogP contribution >= 0.6 is 0 Å². The van der Waals surface area contributed by atoms with Gasteiger partial charge in [0, 0.05) is 5.92 Å². The number of aliphatic hydroxyl groups is 1. The SMILES string of the molecule is CC[C@@H]1CS(=O)(=O)c2ccccc2C(c2ccccc2)[C@H]1O. The maximum atomic E-state index is 12.7. The summed E-state index contributed by atoms with van der Waals surface area (Å²) in [6, 6.07) is 16.7. The van der Waals surface area contributed by atoms with Gasteiger partial charge in [-0.3, -0.25) is 0 Å². The second kappa shape index (κ2) is 5.86. The van der Waals surface area contributed by atoms with E-state index in [-0.39, 0.29) is 17.6 Å². The molecule has 1 N–H and O–H groups in total. The van der Waals surface area contributed by atoms with Gasteiger partial charge in [0.15, 0.2) is 9.84 Å². The summed E-state index contributed by atoms with van der Waals surface area (Å²) in [7, 11) is -3.37. The van der Waals surface area contributed by atoms with Crippen molar-refractivity contribution in [2.45, 2.75) is 30.3 Å². The van der Waals surface area contributed by atoms with E-state index < -0.39 is 15.9 Å². The lowest BCUT2D eigenvalue weighted by Crippen LogP contribution is -2.29. The van der Waals surface area contributed by atoms with Gasteiger partial charge in [0.05, 0.1) is 16.8 Å². The van der Waals surface area contributed by atoms with Crippen molar-refractivity contribution in [2.24, 2.45) is 5.92 Å². The van der Waals surface area contributed by atoms with E-state index in [4.69, 9.17) is 0 Å². The molecule has 116 valence electrons. The summed E-state index contributed by atoms with van der Waals surface area (Å²) in [4.78, 5) is 0.360. The number of hydrogen-bond acceptors (Lipinski definition) is 3. The minimum absolute atomic E-state index is 0.00497. The van der Waals surface area contributed by atoms with Gasteiger partial charge in [-0.25, -0.2) is 8.42 Å². The van der Waals surface area contributed by atoms with Crippen LogP contribution in [0.2, 0.25) is 0 Å². The first-order valence-electron chi connectivity index (χ1n) is 7.59. The fraction of sp³-hybridized carbons (Fsp3) is 0.333. The van der Waals surface area contributed by atoms with Crippen LogP contribution in [0.25, 0.3) is 0 Å². The molecule has 3 atom stereocenters. The predicted octanol–water partition coefficient (Wildman–Crippen LogP) is 2.99.